The quantitative estimate of drug-likeness (QED) is 0.733. The van der Waals surface area contributed by atoms with E-state index in [1.165, 1.54) is 0 Å². The number of methoxy groups -OCH3 is 1. The summed E-state index contributed by atoms with van der Waals surface area (Å²) in [5.41, 5.74) is 2.09. The summed E-state index contributed by atoms with van der Waals surface area (Å²) < 4.78 is 10.4. The predicted molar refractivity (Wildman–Crippen MR) is 90.8 cm³/mol. The number of hydrogen-bond acceptors (Lipinski definition) is 4. The van der Waals surface area contributed by atoms with Crippen LogP contribution in [-0.4, -0.2) is 18.1 Å². The van der Waals surface area contributed by atoms with Crippen LogP contribution in [0, 0.1) is 0 Å². The van der Waals surface area contributed by atoms with Gasteiger partial charge in [0, 0.05) is 12.6 Å². The highest BCUT2D eigenvalue weighted by atomic mass is 16.5. The first-order chi connectivity index (χ1) is 11.7. The maximum Gasteiger partial charge on any atom is 0.338 e. The number of carbonyl (C=O) groups excluding carboxylic acids is 1. The summed E-state index contributed by atoms with van der Waals surface area (Å²) in [6.45, 7) is 0.238. The van der Waals surface area contributed by atoms with Crippen molar-refractivity contribution >= 4 is 16.9 Å². The molecule has 0 aliphatic carbocycles. The number of carbonyl (C=O) groups is 1. The summed E-state index contributed by atoms with van der Waals surface area (Å²) in [7, 11) is 1.57. The van der Waals surface area contributed by atoms with Gasteiger partial charge in [0.25, 0.3) is 5.56 Å². The molecule has 3 aromatic rings. The van der Waals surface area contributed by atoms with E-state index in [0.717, 1.165) is 16.5 Å². The molecule has 5 heteroatoms. The number of para-hydroxylation sites is 1. The average Bonchev–Trinajstić information content (AvgIpc) is 2.60. The number of aromatic amines is 1. The molecule has 0 saturated heterocycles. The number of H-pyrrole nitrogens is 1. The molecule has 122 valence electrons. The molecule has 0 aliphatic rings. The lowest BCUT2D eigenvalue weighted by Gasteiger charge is -2.09. The zero-order chi connectivity index (χ0) is 16.9. The number of ether oxygens (including phenoxy) is 2. The zero-order valence-corrected chi connectivity index (χ0v) is 13.2. The van der Waals surface area contributed by atoms with Crippen molar-refractivity contribution in [2.45, 2.75) is 13.2 Å². The van der Waals surface area contributed by atoms with E-state index in [9.17, 15) is 9.59 Å². The summed E-state index contributed by atoms with van der Waals surface area (Å²) in [5.74, 6) is -0.477. The maximum absolute atomic E-state index is 12.3. The van der Waals surface area contributed by atoms with E-state index in [2.05, 4.69) is 4.98 Å². The molecule has 1 N–H and O–H groups in total. The highest BCUT2D eigenvalue weighted by Crippen LogP contribution is 2.14. The highest BCUT2D eigenvalue weighted by Gasteiger charge is 2.13. The van der Waals surface area contributed by atoms with Gasteiger partial charge in [-0.1, -0.05) is 36.4 Å². The normalized spacial score (nSPS) is 10.7. The zero-order valence-electron chi connectivity index (χ0n) is 13.2. The smallest absolute Gasteiger partial charge is 0.338 e. The van der Waals surface area contributed by atoms with E-state index < -0.39 is 5.97 Å². The molecule has 0 radical (unpaired) electrons. The van der Waals surface area contributed by atoms with Gasteiger partial charge in [0.1, 0.15) is 6.61 Å². The van der Waals surface area contributed by atoms with Crippen molar-refractivity contribution in [3.63, 3.8) is 0 Å². The Bertz CT molecular complexity index is 930. The number of benzene rings is 2. The Labute approximate surface area is 138 Å². The summed E-state index contributed by atoms with van der Waals surface area (Å²) in [6, 6.07) is 16.3. The van der Waals surface area contributed by atoms with Gasteiger partial charge in [-0.3, -0.25) is 4.79 Å². The van der Waals surface area contributed by atoms with Crippen LogP contribution in [0.2, 0.25) is 0 Å². The molecule has 2 aromatic carbocycles. The van der Waals surface area contributed by atoms with Crippen LogP contribution in [0.15, 0.2) is 59.4 Å². The van der Waals surface area contributed by atoms with E-state index in [1.54, 1.807) is 25.3 Å². The maximum atomic E-state index is 12.3. The first kappa shape index (κ1) is 16.0. The molecule has 0 saturated carbocycles. The third-order valence-electron chi connectivity index (χ3n) is 3.73. The van der Waals surface area contributed by atoms with Gasteiger partial charge in [0.05, 0.1) is 17.7 Å². The van der Waals surface area contributed by atoms with Crippen molar-refractivity contribution in [1.82, 2.24) is 4.98 Å². The van der Waals surface area contributed by atoms with Crippen LogP contribution in [0.25, 0.3) is 10.9 Å². The van der Waals surface area contributed by atoms with E-state index in [1.807, 2.05) is 36.4 Å². The van der Waals surface area contributed by atoms with Gasteiger partial charge < -0.3 is 14.5 Å². The van der Waals surface area contributed by atoms with E-state index in [4.69, 9.17) is 9.47 Å². The number of nitrogens with one attached hydrogen (secondary N) is 1. The van der Waals surface area contributed by atoms with Crippen molar-refractivity contribution in [1.29, 1.82) is 0 Å². The van der Waals surface area contributed by atoms with E-state index >= 15 is 0 Å². The Morgan fingerprint density at radius 3 is 2.58 bits per heavy atom. The van der Waals surface area contributed by atoms with Gasteiger partial charge in [-0.15, -0.1) is 0 Å². The fourth-order valence-corrected chi connectivity index (χ4v) is 2.52. The van der Waals surface area contributed by atoms with Crippen LogP contribution < -0.4 is 5.56 Å². The monoisotopic (exact) mass is 323 g/mol. The third kappa shape index (κ3) is 3.36. The summed E-state index contributed by atoms with van der Waals surface area (Å²) in [4.78, 5) is 27.2. The van der Waals surface area contributed by atoms with Gasteiger partial charge in [-0.2, -0.15) is 0 Å². The SMILES string of the molecule is COCc1ccccc1C(=O)OCc1cc2ccccc2[nH]c1=O. The first-order valence-corrected chi connectivity index (χ1v) is 7.54. The molecule has 5 nitrogen and oxygen atoms in total. The third-order valence-corrected chi connectivity index (χ3v) is 3.73. The minimum Gasteiger partial charge on any atom is -0.457 e. The Kier molecular flexibility index (Phi) is 4.72. The lowest BCUT2D eigenvalue weighted by molar-refractivity contribution is 0.0466. The van der Waals surface area contributed by atoms with Gasteiger partial charge in [0.2, 0.25) is 0 Å². The Morgan fingerprint density at radius 2 is 1.75 bits per heavy atom. The lowest BCUT2D eigenvalue weighted by Crippen LogP contribution is -2.16. The summed E-state index contributed by atoms with van der Waals surface area (Å²) >= 11 is 0. The van der Waals surface area contributed by atoms with Gasteiger partial charge >= 0.3 is 5.97 Å². The molecule has 0 amide bonds. The van der Waals surface area contributed by atoms with Crippen LogP contribution in [0.4, 0.5) is 0 Å². The van der Waals surface area contributed by atoms with E-state index in [-0.39, 0.29) is 12.2 Å². The lowest BCUT2D eigenvalue weighted by atomic mass is 10.1. The molecule has 1 heterocycles. The number of esters is 1. The number of fused-ring (bicyclic) bond motifs is 1. The Hall–Kier alpha value is -2.92. The molecule has 24 heavy (non-hydrogen) atoms. The first-order valence-electron chi connectivity index (χ1n) is 7.54. The van der Waals surface area contributed by atoms with Gasteiger partial charge in [-0.05, 0) is 29.1 Å². The Morgan fingerprint density at radius 1 is 1.00 bits per heavy atom. The molecule has 0 bridgehead atoms. The Balaban J connectivity index is 1.80. The molecular weight excluding hydrogens is 306 g/mol. The second-order valence-electron chi connectivity index (χ2n) is 5.38. The van der Waals surface area contributed by atoms with Crippen LogP contribution in [0.3, 0.4) is 0 Å². The van der Waals surface area contributed by atoms with E-state index in [0.29, 0.717) is 17.7 Å². The highest BCUT2D eigenvalue weighted by molar-refractivity contribution is 5.91. The van der Waals surface area contributed by atoms with Crippen molar-refractivity contribution < 1.29 is 14.3 Å². The molecule has 3 rings (SSSR count). The molecule has 0 spiro atoms. The predicted octanol–water partition coefficient (Wildman–Crippen LogP) is 3.03. The fourth-order valence-electron chi connectivity index (χ4n) is 2.52. The average molecular weight is 323 g/mol. The topological polar surface area (TPSA) is 68.4 Å². The fraction of sp³-hybridized carbons (Fsp3) is 0.158. The standard InChI is InChI=1S/C19H17NO4/c1-23-11-14-7-2-4-8-16(14)19(22)24-12-15-10-13-6-3-5-9-17(13)20-18(15)21/h2-10H,11-12H2,1H3,(H,20,21). The minimum atomic E-state index is -0.477. The second kappa shape index (κ2) is 7.10. The van der Waals surface area contributed by atoms with Crippen molar-refractivity contribution in [3.05, 3.63) is 81.6 Å². The molecule has 1 aromatic heterocycles. The number of aromatic nitrogens is 1. The molecule has 0 atom stereocenters. The van der Waals surface area contributed by atoms with Crippen molar-refractivity contribution in [2.24, 2.45) is 0 Å². The number of rotatable bonds is 5. The molecular formula is C19H17NO4. The molecule has 0 unspecified atom stereocenters. The van der Waals surface area contributed by atoms with Crippen LogP contribution in [0.5, 0.6) is 0 Å². The summed E-state index contributed by atoms with van der Waals surface area (Å²) in [5, 5.41) is 0.892. The summed E-state index contributed by atoms with van der Waals surface area (Å²) in [6.07, 6.45) is 0. The van der Waals surface area contributed by atoms with Gasteiger partial charge in [-0.25, -0.2) is 4.79 Å². The number of hydrogen-bond donors (Lipinski definition) is 1. The number of pyridine rings is 1. The van der Waals surface area contributed by atoms with Crippen LogP contribution in [0.1, 0.15) is 21.5 Å². The molecule has 0 aliphatic heterocycles. The van der Waals surface area contributed by atoms with Crippen LogP contribution >= 0.6 is 0 Å². The van der Waals surface area contributed by atoms with Crippen LogP contribution in [-0.2, 0) is 22.7 Å². The van der Waals surface area contributed by atoms with Crippen molar-refractivity contribution in [3.8, 4) is 0 Å². The van der Waals surface area contributed by atoms with Gasteiger partial charge in [0.15, 0.2) is 0 Å². The minimum absolute atomic E-state index is 0.0830. The second-order valence-corrected chi connectivity index (χ2v) is 5.38. The largest absolute Gasteiger partial charge is 0.457 e. The molecule has 0 fully saturated rings. The van der Waals surface area contributed by atoms with Crippen molar-refractivity contribution in [2.75, 3.05) is 7.11 Å².